The van der Waals surface area contributed by atoms with Crippen LogP contribution in [-0.2, 0) is 4.74 Å². The summed E-state index contributed by atoms with van der Waals surface area (Å²) in [5.41, 5.74) is 0.310. The van der Waals surface area contributed by atoms with E-state index < -0.39 is 17.2 Å². The Morgan fingerprint density at radius 1 is 1.30 bits per heavy atom. The van der Waals surface area contributed by atoms with Gasteiger partial charge in [0.1, 0.15) is 17.4 Å². The van der Waals surface area contributed by atoms with E-state index in [1.54, 1.807) is 6.07 Å². The van der Waals surface area contributed by atoms with Crippen molar-refractivity contribution in [2.45, 2.75) is 70.1 Å². The average molecular weight is 412 g/mol. The second-order valence-electron chi connectivity index (χ2n) is 10.3. The van der Waals surface area contributed by atoms with Gasteiger partial charge < -0.3 is 20.3 Å². The monoisotopic (exact) mass is 411 g/mol. The van der Waals surface area contributed by atoms with Gasteiger partial charge in [0.2, 0.25) is 0 Å². The summed E-state index contributed by atoms with van der Waals surface area (Å²) in [5.74, 6) is 0.621. The summed E-state index contributed by atoms with van der Waals surface area (Å²) in [6.07, 6.45) is 4.90. The highest BCUT2D eigenvalue weighted by Gasteiger charge is 2.57. The molecule has 8 nitrogen and oxygen atoms in total. The second-order valence-corrected chi connectivity index (χ2v) is 10.3. The number of nitrogens with one attached hydrogen (secondary N) is 2. The third-order valence-electron chi connectivity index (χ3n) is 6.27. The van der Waals surface area contributed by atoms with Gasteiger partial charge in [0, 0.05) is 24.8 Å². The van der Waals surface area contributed by atoms with Crippen molar-refractivity contribution in [3.8, 4) is 6.07 Å². The fraction of sp³-hybridized carbons (Fsp3) is 0.636. The predicted molar refractivity (Wildman–Crippen MR) is 111 cm³/mol. The van der Waals surface area contributed by atoms with Crippen molar-refractivity contribution in [3.05, 3.63) is 23.5 Å². The number of carbonyl (C=O) groups is 2. The SMILES string of the molecule is CC(C)(C)OC(=O)N[C@@]1(C)CCN(c2cc(C#N)ncc2C(=O)NC23CC(C2)C3)C1. The van der Waals surface area contributed by atoms with E-state index in [-0.39, 0.29) is 17.1 Å². The largest absolute Gasteiger partial charge is 0.444 e. The van der Waals surface area contributed by atoms with Crippen LogP contribution in [0.5, 0.6) is 0 Å². The van der Waals surface area contributed by atoms with E-state index in [9.17, 15) is 14.9 Å². The van der Waals surface area contributed by atoms with Crippen LogP contribution >= 0.6 is 0 Å². The van der Waals surface area contributed by atoms with Crippen molar-refractivity contribution < 1.29 is 14.3 Å². The quantitative estimate of drug-likeness (QED) is 0.789. The summed E-state index contributed by atoms with van der Waals surface area (Å²) in [5, 5.41) is 15.4. The molecule has 0 spiro atoms. The highest BCUT2D eigenvalue weighted by molar-refractivity contribution is 6.00. The van der Waals surface area contributed by atoms with Gasteiger partial charge in [-0.15, -0.1) is 0 Å². The molecular weight excluding hydrogens is 382 g/mol. The Balaban J connectivity index is 1.51. The Bertz CT molecular complexity index is 915. The number of carbonyl (C=O) groups excluding carboxylic acids is 2. The first-order valence-corrected chi connectivity index (χ1v) is 10.5. The number of ether oxygens (including phenoxy) is 1. The molecule has 2 bridgehead atoms. The molecule has 1 aromatic rings. The van der Waals surface area contributed by atoms with Crippen molar-refractivity contribution in [3.63, 3.8) is 0 Å². The highest BCUT2D eigenvalue weighted by Crippen LogP contribution is 2.57. The van der Waals surface area contributed by atoms with Gasteiger partial charge in [0.25, 0.3) is 5.91 Å². The molecule has 1 aliphatic heterocycles. The molecule has 1 saturated heterocycles. The van der Waals surface area contributed by atoms with Crippen molar-refractivity contribution in [1.29, 1.82) is 5.26 Å². The topological polar surface area (TPSA) is 107 Å². The molecular formula is C22H29N5O3. The van der Waals surface area contributed by atoms with Crippen molar-refractivity contribution in [2.24, 2.45) is 5.92 Å². The lowest BCUT2D eigenvalue weighted by molar-refractivity contribution is -0.0438. The van der Waals surface area contributed by atoms with Crippen molar-refractivity contribution in [2.75, 3.05) is 18.0 Å². The van der Waals surface area contributed by atoms with E-state index >= 15 is 0 Å². The van der Waals surface area contributed by atoms with Gasteiger partial charge in [-0.1, -0.05) is 0 Å². The first-order chi connectivity index (χ1) is 14.0. The van der Waals surface area contributed by atoms with Crippen molar-refractivity contribution >= 4 is 17.7 Å². The molecule has 0 unspecified atom stereocenters. The molecule has 8 heteroatoms. The minimum Gasteiger partial charge on any atom is -0.444 e. The van der Waals surface area contributed by atoms with Crippen LogP contribution in [0.15, 0.2) is 12.3 Å². The number of aromatic nitrogens is 1. The number of hydrogen-bond acceptors (Lipinski definition) is 6. The Morgan fingerprint density at radius 2 is 2.00 bits per heavy atom. The van der Waals surface area contributed by atoms with Gasteiger partial charge in [0.15, 0.2) is 0 Å². The average Bonchev–Trinajstić information content (AvgIpc) is 2.96. The zero-order chi connectivity index (χ0) is 21.7. The first-order valence-electron chi connectivity index (χ1n) is 10.5. The molecule has 4 aliphatic rings. The van der Waals surface area contributed by atoms with E-state index in [1.807, 2.05) is 32.6 Å². The summed E-state index contributed by atoms with van der Waals surface area (Å²) >= 11 is 0. The number of nitrogens with zero attached hydrogens (tertiary/aromatic N) is 3. The fourth-order valence-corrected chi connectivity index (χ4v) is 4.70. The standard InChI is InChI=1S/C22H29N5O3/c1-20(2,3)30-19(29)26-21(4)5-6-27(13-21)17-7-15(11-23)24-12-16(17)18(28)25-22-8-14(9-22)10-22/h7,12,14H,5-6,8-10,13H2,1-4H3,(H,25,28)(H,26,29)/t14?,21-,22?/m0/s1. The number of rotatable bonds is 4. The summed E-state index contributed by atoms with van der Waals surface area (Å²) in [6.45, 7) is 8.60. The van der Waals surface area contributed by atoms with Crippen LogP contribution in [0.3, 0.4) is 0 Å². The highest BCUT2D eigenvalue weighted by atomic mass is 16.6. The molecule has 1 aromatic heterocycles. The molecule has 2 amide bonds. The zero-order valence-corrected chi connectivity index (χ0v) is 18.0. The predicted octanol–water partition coefficient (Wildman–Crippen LogP) is 2.73. The minimum atomic E-state index is -0.571. The molecule has 5 rings (SSSR count). The summed E-state index contributed by atoms with van der Waals surface area (Å²) in [6, 6.07) is 3.72. The molecule has 0 radical (unpaired) electrons. The van der Waals surface area contributed by atoms with Crippen molar-refractivity contribution in [1.82, 2.24) is 15.6 Å². The number of hydrogen-bond donors (Lipinski definition) is 2. The molecule has 4 fully saturated rings. The molecule has 3 aliphatic carbocycles. The molecule has 3 saturated carbocycles. The Hall–Kier alpha value is -2.82. The van der Waals surface area contributed by atoms with Crippen LogP contribution in [0.2, 0.25) is 0 Å². The molecule has 2 N–H and O–H groups in total. The first kappa shape index (κ1) is 20.5. The van der Waals surface area contributed by atoms with Crippen LogP contribution in [0.4, 0.5) is 10.5 Å². The lowest BCUT2D eigenvalue weighted by atomic mass is 9.50. The van der Waals surface area contributed by atoms with E-state index in [1.165, 1.54) is 6.20 Å². The van der Waals surface area contributed by atoms with Gasteiger partial charge >= 0.3 is 6.09 Å². The van der Waals surface area contributed by atoms with Gasteiger partial charge in [-0.2, -0.15) is 5.26 Å². The van der Waals surface area contributed by atoms with Gasteiger partial charge in [0.05, 0.1) is 16.8 Å². The molecule has 160 valence electrons. The summed E-state index contributed by atoms with van der Waals surface area (Å²) in [7, 11) is 0. The van der Waals surface area contributed by atoms with Crippen LogP contribution in [0, 0.1) is 17.2 Å². The summed E-state index contributed by atoms with van der Waals surface area (Å²) in [4.78, 5) is 31.4. The molecule has 30 heavy (non-hydrogen) atoms. The Morgan fingerprint density at radius 3 is 2.57 bits per heavy atom. The maximum absolute atomic E-state index is 13.0. The maximum atomic E-state index is 13.0. The zero-order valence-electron chi connectivity index (χ0n) is 18.0. The third kappa shape index (κ3) is 3.93. The smallest absolute Gasteiger partial charge is 0.408 e. The van der Waals surface area contributed by atoms with Gasteiger partial charge in [-0.25, -0.2) is 9.78 Å². The van der Waals surface area contributed by atoms with Gasteiger partial charge in [-0.3, -0.25) is 4.79 Å². The molecule has 2 heterocycles. The Kier molecular flexibility index (Phi) is 4.68. The van der Waals surface area contributed by atoms with Crippen LogP contribution in [0.1, 0.15) is 69.4 Å². The molecule has 0 aromatic carbocycles. The Labute approximate surface area is 177 Å². The lowest BCUT2D eigenvalue weighted by Gasteiger charge is -2.61. The second kappa shape index (κ2) is 6.86. The minimum absolute atomic E-state index is 0.0370. The van der Waals surface area contributed by atoms with E-state index in [0.717, 1.165) is 25.2 Å². The number of pyridine rings is 1. The number of alkyl carbamates (subject to hydrolysis) is 1. The molecule has 1 atom stereocenters. The maximum Gasteiger partial charge on any atom is 0.408 e. The normalized spacial score (nSPS) is 29.3. The van der Waals surface area contributed by atoms with Crippen LogP contribution < -0.4 is 15.5 Å². The number of nitriles is 1. The van der Waals surface area contributed by atoms with Gasteiger partial charge in [-0.05, 0) is 65.4 Å². The number of amides is 2. The van der Waals surface area contributed by atoms with E-state index in [2.05, 4.69) is 21.7 Å². The fourth-order valence-electron chi connectivity index (χ4n) is 4.70. The lowest BCUT2D eigenvalue weighted by Crippen LogP contribution is -2.68. The third-order valence-corrected chi connectivity index (χ3v) is 6.27. The summed E-state index contributed by atoms with van der Waals surface area (Å²) < 4.78 is 5.40. The van der Waals surface area contributed by atoms with E-state index in [4.69, 9.17) is 4.74 Å². The van der Waals surface area contributed by atoms with Crippen LogP contribution in [-0.4, -0.2) is 46.8 Å². The van der Waals surface area contributed by atoms with E-state index in [0.29, 0.717) is 30.8 Å². The number of anilines is 1. The van der Waals surface area contributed by atoms with Crippen LogP contribution in [0.25, 0.3) is 0 Å².